The largest absolute Gasteiger partial charge is 0.382 e. The topological polar surface area (TPSA) is 29.5 Å². The van der Waals surface area contributed by atoms with E-state index in [9.17, 15) is 13.9 Å². The van der Waals surface area contributed by atoms with Gasteiger partial charge in [-0.25, -0.2) is 8.78 Å². The van der Waals surface area contributed by atoms with Crippen molar-refractivity contribution in [2.45, 2.75) is 37.4 Å². The molecule has 1 aromatic rings. The summed E-state index contributed by atoms with van der Waals surface area (Å²) in [5.74, 6) is -1.91. The van der Waals surface area contributed by atoms with Gasteiger partial charge in [0.1, 0.15) is 5.60 Å². The third-order valence-corrected chi connectivity index (χ3v) is 3.51. The van der Waals surface area contributed by atoms with Crippen LogP contribution in [0.25, 0.3) is 0 Å². The Kier molecular flexibility index (Phi) is 3.45. The molecule has 1 saturated carbocycles. The summed E-state index contributed by atoms with van der Waals surface area (Å²) >= 11 is 0. The van der Waals surface area contributed by atoms with Crippen LogP contribution in [0.2, 0.25) is 0 Å². The van der Waals surface area contributed by atoms with Crippen LogP contribution in [0.15, 0.2) is 18.2 Å². The molecule has 1 fully saturated rings. The van der Waals surface area contributed by atoms with Gasteiger partial charge in [-0.1, -0.05) is 25.0 Å². The number of hydrogen-bond acceptors (Lipinski definition) is 2. The molecule has 1 aliphatic carbocycles. The number of rotatable bonds is 2. The minimum Gasteiger partial charge on any atom is -0.382 e. The Hall–Kier alpha value is -1.00. The van der Waals surface area contributed by atoms with E-state index in [1.165, 1.54) is 19.2 Å². The number of hydrogen-bond donors (Lipinski definition) is 1. The summed E-state index contributed by atoms with van der Waals surface area (Å²) in [4.78, 5) is 0. The second kappa shape index (κ2) is 4.70. The van der Waals surface area contributed by atoms with Crippen molar-refractivity contribution in [1.29, 1.82) is 0 Å². The number of methoxy groups -OCH3 is 1. The first-order chi connectivity index (χ1) is 8.09. The quantitative estimate of drug-likeness (QED) is 0.864. The summed E-state index contributed by atoms with van der Waals surface area (Å²) < 4.78 is 32.2. The van der Waals surface area contributed by atoms with E-state index in [2.05, 4.69) is 0 Å². The van der Waals surface area contributed by atoms with Gasteiger partial charge in [-0.15, -0.1) is 0 Å². The lowest BCUT2D eigenvalue weighted by Crippen LogP contribution is -2.44. The van der Waals surface area contributed by atoms with Gasteiger partial charge in [-0.2, -0.15) is 0 Å². The third kappa shape index (κ3) is 2.07. The van der Waals surface area contributed by atoms with E-state index < -0.39 is 23.3 Å². The molecule has 0 radical (unpaired) electrons. The van der Waals surface area contributed by atoms with Crippen molar-refractivity contribution in [3.63, 3.8) is 0 Å². The highest BCUT2D eigenvalue weighted by molar-refractivity contribution is 5.27. The molecule has 94 valence electrons. The first-order valence-electron chi connectivity index (χ1n) is 5.79. The summed E-state index contributed by atoms with van der Waals surface area (Å²) in [6.07, 6.45) is 2.28. The Labute approximate surface area is 99.2 Å². The van der Waals surface area contributed by atoms with Crippen molar-refractivity contribution >= 4 is 0 Å². The summed E-state index contributed by atoms with van der Waals surface area (Å²) in [6.45, 7) is 0. The Bertz CT molecular complexity index is 408. The van der Waals surface area contributed by atoms with Gasteiger partial charge in [-0.05, 0) is 18.9 Å². The number of ether oxygens (including phenoxy) is 1. The SMILES string of the molecule is COC1CCCCC1(O)c1cccc(F)c1F. The zero-order chi connectivity index (χ0) is 12.5. The van der Waals surface area contributed by atoms with Crippen LogP contribution in [0.1, 0.15) is 31.2 Å². The van der Waals surface area contributed by atoms with Gasteiger partial charge in [-0.3, -0.25) is 0 Å². The molecule has 0 aromatic heterocycles. The number of aliphatic hydroxyl groups is 1. The lowest BCUT2D eigenvalue weighted by Gasteiger charge is -2.39. The first kappa shape index (κ1) is 12.5. The molecule has 2 nitrogen and oxygen atoms in total. The minimum atomic E-state index is -1.42. The van der Waals surface area contributed by atoms with Gasteiger partial charge < -0.3 is 9.84 Å². The van der Waals surface area contributed by atoms with Crippen LogP contribution in [0.4, 0.5) is 8.78 Å². The van der Waals surface area contributed by atoms with E-state index in [0.717, 1.165) is 18.9 Å². The van der Waals surface area contributed by atoms with E-state index >= 15 is 0 Å². The van der Waals surface area contributed by atoms with Gasteiger partial charge >= 0.3 is 0 Å². The third-order valence-electron chi connectivity index (χ3n) is 3.51. The standard InChI is InChI=1S/C13H16F2O2/c1-17-11-7-2-3-8-13(11,16)9-5-4-6-10(14)12(9)15/h4-6,11,16H,2-3,7-8H2,1H3. The van der Waals surface area contributed by atoms with E-state index in [4.69, 9.17) is 4.74 Å². The fraction of sp³-hybridized carbons (Fsp3) is 0.538. The average molecular weight is 242 g/mol. The van der Waals surface area contributed by atoms with E-state index in [0.29, 0.717) is 12.8 Å². The molecule has 0 aliphatic heterocycles. The smallest absolute Gasteiger partial charge is 0.164 e. The number of halogens is 2. The van der Waals surface area contributed by atoms with Crippen LogP contribution >= 0.6 is 0 Å². The second-order valence-electron chi connectivity index (χ2n) is 4.50. The fourth-order valence-electron chi connectivity index (χ4n) is 2.58. The van der Waals surface area contributed by atoms with Crippen LogP contribution in [0, 0.1) is 11.6 Å². The highest BCUT2D eigenvalue weighted by atomic mass is 19.2. The lowest BCUT2D eigenvalue weighted by molar-refractivity contribution is -0.124. The molecule has 0 amide bonds. The van der Waals surface area contributed by atoms with Crippen LogP contribution in [0.5, 0.6) is 0 Å². The summed E-state index contributed by atoms with van der Waals surface area (Å²) in [7, 11) is 1.48. The predicted octanol–water partition coefficient (Wildman–Crippen LogP) is 2.74. The van der Waals surface area contributed by atoms with Crippen LogP contribution < -0.4 is 0 Å². The van der Waals surface area contributed by atoms with Crippen molar-refractivity contribution in [3.8, 4) is 0 Å². The van der Waals surface area contributed by atoms with E-state index in [1.54, 1.807) is 0 Å². The molecule has 0 heterocycles. The van der Waals surface area contributed by atoms with Crippen molar-refractivity contribution in [2.24, 2.45) is 0 Å². The van der Waals surface area contributed by atoms with Crippen LogP contribution in [-0.4, -0.2) is 18.3 Å². The molecule has 2 rings (SSSR count). The lowest BCUT2D eigenvalue weighted by atomic mass is 9.77. The summed E-state index contributed by atoms with van der Waals surface area (Å²) in [6, 6.07) is 3.88. The molecule has 1 N–H and O–H groups in total. The maximum Gasteiger partial charge on any atom is 0.164 e. The Morgan fingerprint density at radius 1 is 1.35 bits per heavy atom. The maximum atomic E-state index is 13.8. The monoisotopic (exact) mass is 242 g/mol. The van der Waals surface area contributed by atoms with Crippen LogP contribution in [0.3, 0.4) is 0 Å². The molecule has 1 aromatic carbocycles. The molecule has 0 spiro atoms. The van der Waals surface area contributed by atoms with Crippen molar-refractivity contribution in [2.75, 3.05) is 7.11 Å². The molecule has 1 aliphatic rings. The molecule has 2 atom stereocenters. The number of benzene rings is 1. The Balaban J connectivity index is 2.45. The average Bonchev–Trinajstić information content (AvgIpc) is 2.33. The Morgan fingerprint density at radius 2 is 2.12 bits per heavy atom. The molecule has 4 heteroatoms. The van der Waals surface area contributed by atoms with Crippen molar-refractivity contribution in [1.82, 2.24) is 0 Å². The molecule has 17 heavy (non-hydrogen) atoms. The molecular weight excluding hydrogens is 226 g/mol. The van der Waals surface area contributed by atoms with Gasteiger partial charge in [0, 0.05) is 12.7 Å². The van der Waals surface area contributed by atoms with Gasteiger partial charge in [0.05, 0.1) is 6.10 Å². The highest BCUT2D eigenvalue weighted by Crippen LogP contribution is 2.40. The maximum absolute atomic E-state index is 13.8. The minimum absolute atomic E-state index is 0.00375. The zero-order valence-corrected chi connectivity index (χ0v) is 9.75. The second-order valence-corrected chi connectivity index (χ2v) is 4.50. The highest BCUT2D eigenvalue weighted by Gasteiger charge is 2.42. The first-order valence-corrected chi connectivity index (χ1v) is 5.79. The zero-order valence-electron chi connectivity index (χ0n) is 9.75. The predicted molar refractivity (Wildman–Crippen MR) is 59.5 cm³/mol. The van der Waals surface area contributed by atoms with Crippen molar-refractivity contribution < 1.29 is 18.6 Å². The van der Waals surface area contributed by atoms with Crippen molar-refractivity contribution in [3.05, 3.63) is 35.4 Å². The van der Waals surface area contributed by atoms with Crippen LogP contribution in [-0.2, 0) is 10.3 Å². The molecular formula is C13H16F2O2. The molecule has 0 bridgehead atoms. The van der Waals surface area contributed by atoms with Gasteiger partial charge in [0.15, 0.2) is 11.6 Å². The molecule has 0 saturated heterocycles. The van der Waals surface area contributed by atoms with E-state index in [-0.39, 0.29) is 5.56 Å². The fourth-order valence-corrected chi connectivity index (χ4v) is 2.58. The van der Waals surface area contributed by atoms with Gasteiger partial charge in [0.2, 0.25) is 0 Å². The summed E-state index contributed by atoms with van der Waals surface area (Å²) in [5, 5.41) is 10.6. The van der Waals surface area contributed by atoms with Gasteiger partial charge in [0.25, 0.3) is 0 Å². The Morgan fingerprint density at radius 3 is 2.82 bits per heavy atom. The normalized spacial score (nSPS) is 29.3. The molecule has 2 unspecified atom stereocenters. The van der Waals surface area contributed by atoms with E-state index in [1.807, 2.05) is 0 Å². The summed E-state index contributed by atoms with van der Waals surface area (Å²) in [5.41, 5.74) is -1.41.